The van der Waals surface area contributed by atoms with Crippen LogP contribution < -0.4 is 5.73 Å². The summed E-state index contributed by atoms with van der Waals surface area (Å²) >= 11 is 0. The van der Waals surface area contributed by atoms with Crippen molar-refractivity contribution >= 4 is 38.6 Å². The summed E-state index contributed by atoms with van der Waals surface area (Å²) in [4.78, 5) is 12.6. The van der Waals surface area contributed by atoms with Crippen molar-refractivity contribution in [2.24, 2.45) is 5.92 Å². The van der Waals surface area contributed by atoms with Crippen molar-refractivity contribution in [3.63, 3.8) is 0 Å². The van der Waals surface area contributed by atoms with Crippen LogP contribution in [0.15, 0.2) is 12.7 Å². The molecule has 0 aliphatic carbocycles. The van der Waals surface area contributed by atoms with Crippen LogP contribution in [-0.2, 0) is 4.74 Å². The number of aliphatic hydroxyl groups excluding tert-OH is 1. The minimum atomic E-state index is -0.222. The lowest BCUT2D eigenvalue weighted by atomic mass is 9.98. The Morgan fingerprint density at radius 2 is 2.17 bits per heavy atom. The Bertz CT molecular complexity index is 668. The standard InChI is InChI=1S/C14H21N5O2S2/c1-3-8-9(5-20)21-14(11(8)23-22-4-2)19-7-18-10-12(15)16-6-17-13(10)19/h6-9,11,14,20H,3-5H2,1-2H3,(H2,15,16,17)/t8?,9-,11?,14-/m1/s1. The lowest BCUT2D eigenvalue weighted by Gasteiger charge is -2.22. The van der Waals surface area contributed by atoms with Crippen molar-refractivity contribution in [3.8, 4) is 0 Å². The molecule has 2 aromatic rings. The molecule has 1 fully saturated rings. The second-order valence-electron chi connectivity index (χ2n) is 5.37. The van der Waals surface area contributed by atoms with Gasteiger partial charge in [-0.25, -0.2) is 15.0 Å². The van der Waals surface area contributed by atoms with Gasteiger partial charge < -0.3 is 15.6 Å². The average Bonchev–Trinajstić information content (AvgIpc) is 3.14. The predicted octanol–water partition coefficient (Wildman–Crippen LogP) is 2.09. The first kappa shape index (κ1) is 16.8. The molecule has 3 N–H and O–H groups in total. The van der Waals surface area contributed by atoms with Crippen LogP contribution in [0, 0.1) is 5.92 Å². The molecule has 0 saturated carbocycles. The van der Waals surface area contributed by atoms with Crippen LogP contribution >= 0.6 is 21.6 Å². The molecule has 1 saturated heterocycles. The number of fused-ring (bicyclic) bond motifs is 1. The number of aromatic nitrogens is 4. The normalized spacial score (nSPS) is 27.8. The Hall–Kier alpha value is -1.03. The number of nitrogens with zero attached hydrogens (tertiary/aromatic N) is 4. The topological polar surface area (TPSA) is 99.1 Å². The van der Waals surface area contributed by atoms with Gasteiger partial charge in [-0.2, -0.15) is 0 Å². The van der Waals surface area contributed by atoms with Gasteiger partial charge in [0.2, 0.25) is 0 Å². The van der Waals surface area contributed by atoms with E-state index in [-0.39, 0.29) is 30.1 Å². The van der Waals surface area contributed by atoms with Crippen molar-refractivity contribution in [2.75, 3.05) is 18.1 Å². The van der Waals surface area contributed by atoms with E-state index < -0.39 is 0 Å². The summed E-state index contributed by atoms with van der Waals surface area (Å²) in [7, 11) is 3.62. The Kier molecular flexibility index (Phi) is 5.30. The molecule has 3 rings (SSSR count). The van der Waals surface area contributed by atoms with Gasteiger partial charge in [0.25, 0.3) is 0 Å². The number of nitrogen functional groups attached to an aromatic ring is 1. The predicted molar refractivity (Wildman–Crippen MR) is 94.0 cm³/mol. The highest BCUT2D eigenvalue weighted by Gasteiger charge is 2.45. The van der Waals surface area contributed by atoms with Gasteiger partial charge in [0.15, 0.2) is 11.5 Å². The number of ether oxygens (including phenoxy) is 1. The maximum Gasteiger partial charge on any atom is 0.167 e. The molecule has 2 aromatic heterocycles. The lowest BCUT2D eigenvalue weighted by molar-refractivity contribution is -0.0286. The quantitative estimate of drug-likeness (QED) is 0.760. The number of anilines is 1. The third-order valence-electron chi connectivity index (χ3n) is 4.10. The molecule has 23 heavy (non-hydrogen) atoms. The van der Waals surface area contributed by atoms with Crippen LogP contribution in [0.5, 0.6) is 0 Å². The molecule has 9 heteroatoms. The molecule has 1 aliphatic rings. The molecule has 4 atom stereocenters. The Labute approximate surface area is 142 Å². The lowest BCUT2D eigenvalue weighted by Crippen LogP contribution is -2.25. The highest BCUT2D eigenvalue weighted by atomic mass is 33.1. The Balaban J connectivity index is 1.99. The minimum Gasteiger partial charge on any atom is -0.394 e. The van der Waals surface area contributed by atoms with Gasteiger partial charge in [-0.15, -0.1) is 0 Å². The van der Waals surface area contributed by atoms with E-state index in [0.29, 0.717) is 17.0 Å². The molecule has 1 aliphatic heterocycles. The molecule has 0 aromatic carbocycles. The van der Waals surface area contributed by atoms with Crippen LogP contribution in [0.25, 0.3) is 11.2 Å². The fourth-order valence-electron chi connectivity index (χ4n) is 3.00. The number of aliphatic hydroxyl groups is 1. The maximum absolute atomic E-state index is 9.67. The molecule has 7 nitrogen and oxygen atoms in total. The zero-order valence-electron chi connectivity index (χ0n) is 13.1. The second-order valence-corrected chi connectivity index (χ2v) is 8.20. The third kappa shape index (κ3) is 3.02. The van der Waals surface area contributed by atoms with Gasteiger partial charge in [-0.05, 0) is 6.42 Å². The minimum absolute atomic E-state index is 0.0204. The van der Waals surface area contributed by atoms with E-state index in [1.54, 1.807) is 6.33 Å². The summed E-state index contributed by atoms with van der Waals surface area (Å²) in [5.74, 6) is 1.67. The van der Waals surface area contributed by atoms with Crippen LogP contribution in [0.3, 0.4) is 0 Å². The average molecular weight is 355 g/mol. The van der Waals surface area contributed by atoms with E-state index in [1.165, 1.54) is 6.33 Å². The molecule has 0 spiro atoms. The van der Waals surface area contributed by atoms with Gasteiger partial charge >= 0.3 is 0 Å². The van der Waals surface area contributed by atoms with Crippen LogP contribution in [0.4, 0.5) is 5.82 Å². The Morgan fingerprint density at radius 3 is 2.87 bits per heavy atom. The summed E-state index contributed by atoms with van der Waals surface area (Å²) < 4.78 is 8.07. The summed E-state index contributed by atoms with van der Waals surface area (Å²) in [6.45, 7) is 4.29. The highest BCUT2D eigenvalue weighted by molar-refractivity contribution is 8.76. The van der Waals surface area contributed by atoms with Crippen LogP contribution in [0.1, 0.15) is 26.5 Å². The third-order valence-corrected chi connectivity index (χ3v) is 7.06. The first-order chi connectivity index (χ1) is 11.2. The molecule has 2 unspecified atom stereocenters. The van der Waals surface area contributed by atoms with Crippen LogP contribution in [-0.4, -0.2) is 48.3 Å². The number of nitrogens with two attached hydrogens (primary N) is 1. The van der Waals surface area contributed by atoms with Gasteiger partial charge in [0, 0.05) is 11.7 Å². The first-order valence-electron chi connectivity index (χ1n) is 7.68. The molecule has 0 bridgehead atoms. The van der Waals surface area contributed by atoms with Crippen molar-refractivity contribution in [3.05, 3.63) is 12.7 Å². The van der Waals surface area contributed by atoms with Gasteiger partial charge in [-0.1, -0.05) is 35.4 Å². The van der Waals surface area contributed by atoms with Crippen molar-refractivity contribution in [1.82, 2.24) is 19.5 Å². The van der Waals surface area contributed by atoms with Gasteiger partial charge in [0.1, 0.15) is 18.1 Å². The molecule has 3 heterocycles. The number of hydrogen-bond donors (Lipinski definition) is 2. The van der Waals surface area contributed by atoms with Crippen molar-refractivity contribution in [1.29, 1.82) is 0 Å². The number of rotatable bonds is 6. The summed E-state index contributed by atoms with van der Waals surface area (Å²) in [5.41, 5.74) is 7.13. The molecule has 0 amide bonds. The van der Waals surface area contributed by atoms with E-state index >= 15 is 0 Å². The second kappa shape index (κ2) is 7.25. The molecular weight excluding hydrogens is 334 g/mol. The number of imidazole rings is 1. The fourth-order valence-corrected chi connectivity index (χ4v) is 5.69. The van der Waals surface area contributed by atoms with E-state index in [0.717, 1.165) is 12.2 Å². The first-order valence-corrected chi connectivity index (χ1v) is 10.1. The van der Waals surface area contributed by atoms with E-state index in [4.69, 9.17) is 10.5 Å². The maximum atomic E-state index is 9.67. The Morgan fingerprint density at radius 1 is 1.35 bits per heavy atom. The monoisotopic (exact) mass is 355 g/mol. The van der Waals surface area contributed by atoms with Gasteiger partial charge in [0.05, 0.1) is 24.3 Å². The largest absolute Gasteiger partial charge is 0.394 e. The zero-order chi connectivity index (χ0) is 16.4. The summed E-state index contributed by atoms with van der Waals surface area (Å²) in [6.07, 6.45) is 3.70. The van der Waals surface area contributed by atoms with E-state index in [1.807, 2.05) is 26.2 Å². The molecule has 126 valence electrons. The van der Waals surface area contributed by atoms with Crippen molar-refractivity contribution in [2.45, 2.75) is 37.9 Å². The van der Waals surface area contributed by atoms with Crippen molar-refractivity contribution < 1.29 is 9.84 Å². The number of hydrogen-bond acceptors (Lipinski definition) is 8. The van der Waals surface area contributed by atoms with Crippen LogP contribution in [0.2, 0.25) is 0 Å². The molecule has 0 radical (unpaired) electrons. The summed E-state index contributed by atoms with van der Waals surface area (Å²) in [6, 6.07) is 0. The van der Waals surface area contributed by atoms with E-state index in [9.17, 15) is 5.11 Å². The smallest absolute Gasteiger partial charge is 0.167 e. The van der Waals surface area contributed by atoms with Gasteiger partial charge in [-0.3, -0.25) is 4.57 Å². The summed E-state index contributed by atoms with van der Waals surface area (Å²) in [5, 5.41) is 9.89. The van der Waals surface area contributed by atoms with E-state index in [2.05, 4.69) is 28.8 Å². The highest BCUT2D eigenvalue weighted by Crippen LogP contribution is 2.47. The SMILES string of the molecule is CCSSC1C(CC)[C@@H](CO)O[C@H]1n1cnc2c(N)ncnc21. The molecular formula is C14H21N5O2S2. The fraction of sp³-hybridized carbons (Fsp3) is 0.643. The zero-order valence-corrected chi connectivity index (χ0v) is 14.8.